The molecular formula is C10H17N5O3S2. The first-order chi connectivity index (χ1) is 9.44. The minimum atomic E-state index is -2.99. The summed E-state index contributed by atoms with van der Waals surface area (Å²) in [5, 5.41) is 0.447. The Hall–Kier alpha value is -1.13. The van der Waals surface area contributed by atoms with Crippen LogP contribution in [0.3, 0.4) is 0 Å². The van der Waals surface area contributed by atoms with Gasteiger partial charge >= 0.3 is 0 Å². The Bertz CT molecular complexity index is 560. The third kappa shape index (κ3) is 4.76. The first kappa shape index (κ1) is 15.3. The maximum Gasteiger partial charge on any atom is 0.231 e. The Labute approximate surface area is 122 Å². The maximum atomic E-state index is 11.1. The Balaban J connectivity index is 2.04. The van der Waals surface area contributed by atoms with Gasteiger partial charge in [-0.05, 0) is 0 Å². The molecule has 1 aromatic heterocycles. The van der Waals surface area contributed by atoms with E-state index in [-0.39, 0.29) is 11.7 Å². The summed E-state index contributed by atoms with van der Waals surface area (Å²) in [7, 11) is -2.99. The van der Waals surface area contributed by atoms with E-state index in [0.29, 0.717) is 43.2 Å². The van der Waals surface area contributed by atoms with Gasteiger partial charge < -0.3 is 15.4 Å². The number of ether oxygens (including phenoxy) is 1. The Morgan fingerprint density at radius 2 is 2.00 bits per heavy atom. The van der Waals surface area contributed by atoms with Gasteiger partial charge in [0.25, 0.3) is 0 Å². The molecule has 0 saturated carbocycles. The van der Waals surface area contributed by atoms with Crippen LogP contribution < -0.4 is 10.6 Å². The molecule has 0 aliphatic carbocycles. The van der Waals surface area contributed by atoms with Crippen molar-refractivity contribution in [1.82, 2.24) is 15.0 Å². The van der Waals surface area contributed by atoms with E-state index in [0.717, 1.165) is 0 Å². The van der Waals surface area contributed by atoms with Gasteiger partial charge in [-0.3, -0.25) is 0 Å². The molecule has 10 heteroatoms. The molecule has 0 atom stereocenters. The second-order valence-corrected chi connectivity index (χ2v) is 7.68. The second kappa shape index (κ2) is 6.55. The summed E-state index contributed by atoms with van der Waals surface area (Å²) in [6, 6.07) is 0. The molecule has 8 nitrogen and oxygen atoms in total. The second-order valence-electron chi connectivity index (χ2n) is 4.35. The summed E-state index contributed by atoms with van der Waals surface area (Å²) in [6.07, 6.45) is 1.20. The van der Waals surface area contributed by atoms with Gasteiger partial charge in [0.15, 0.2) is 5.16 Å². The van der Waals surface area contributed by atoms with Gasteiger partial charge in [-0.15, -0.1) is 0 Å². The van der Waals surface area contributed by atoms with Crippen molar-refractivity contribution in [1.29, 1.82) is 0 Å². The lowest BCUT2D eigenvalue weighted by Gasteiger charge is -2.26. The van der Waals surface area contributed by atoms with Gasteiger partial charge in [-0.2, -0.15) is 15.0 Å². The number of morpholine rings is 1. The quantitative estimate of drug-likeness (QED) is 0.713. The molecule has 1 aliphatic heterocycles. The predicted molar refractivity (Wildman–Crippen MR) is 77.7 cm³/mol. The highest BCUT2D eigenvalue weighted by Crippen LogP contribution is 2.18. The fourth-order valence-electron chi connectivity index (χ4n) is 1.61. The first-order valence-electron chi connectivity index (χ1n) is 6.09. The molecule has 0 radical (unpaired) electrons. The van der Waals surface area contributed by atoms with Gasteiger partial charge in [-0.1, -0.05) is 11.8 Å². The average molecular weight is 319 g/mol. The largest absolute Gasteiger partial charge is 0.378 e. The third-order valence-corrected chi connectivity index (χ3v) is 4.65. The van der Waals surface area contributed by atoms with Gasteiger partial charge in [0, 0.05) is 25.1 Å². The minimum absolute atomic E-state index is 0.0795. The van der Waals surface area contributed by atoms with Crippen LogP contribution in [0.5, 0.6) is 0 Å². The van der Waals surface area contributed by atoms with E-state index in [4.69, 9.17) is 10.5 Å². The summed E-state index contributed by atoms with van der Waals surface area (Å²) in [5.41, 5.74) is 5.67. The molecule has 1 fully saturated rings. The van der Waals surface area contributed by atoms with E-state index in [9.17, 15) is 8.42 Å². The average Bonchev–Trinajstić information content (AvgIpc) is 2.37. The highest BCUT2D eigenvalue weighted by atomic mass is 32.2. The zero-order valence-electron chi connectivity index (χ0n) is 11.2. The number of nitrogens with two attached hydrogens (primary N) is 1. The number of rotatable bonds is 5. The number of aromatic nitrogens is 3. The minimum Gasteiger partial charge on any atom is -0.378 e. The lowest BCUT2D eigenvalue weighted by molar-refractivity contribution is 0.122. The van der Waals surface area contributed by atoms with Crippen molar-refractivity contribution in [3.05, 3.63) is 0 Å². The van der Waals surface area contributed by atoms with Crippen LogP contribution in [-0.4, -0.2) is 67.4 Å². The van der Waals surface area contributed by atoms with Gasteiger partial charge in [0.2, 0.25) is 11.9 Å². The summed E-state index contributed by atoms with van der Waals surface area (Å²) in [6.45, 7) is 2.66. The molecule has 1 saturated heterocycles. The molecule has 112 valence electrons. The molecule has 0 unspecified atom stereocenters. The highest BCUT2D eigenvalue weighted by Gasteiger charge is 2.16. The molecule has 0 bridgehead atoms. The number of nitrogens with zero attached hydrogens (tertiary/aromatic N) is 4. The van der Waals surface area contributed by atoms with Crippen molar-refractivity contribution >= 4 is 33.5 Å². The first-order valence-corrected chi connectivity index (χ1v) is 9.13. The van der Waals surface area contributed by atoms with Gasteiger partial charge in [0.1, 0.15) is 9.84 Å². The summed E-state index contributed by atoms with van der Waals surface area (Å²) < 4.78 is 27.4. The number of anilines is 2. The number of hydrogen-bond acceptors (Lipinski definition) is 9. The standard InChI is InChI=1S/C10H17N5O3S2/c1-20(16,17)7-6-19-10-13-8(11)12-9(14-10)15-2-4-18-5-3-15/h2-7H2,1H3,(H2,11,12,13,14). The predicted octanol–water partition coefficient (Wildman–Crippen LogP) is -0.573. The molecule has 2 heterocycles. The fraction of sp³-hybridized carbons (Fsp3) is 0.700. The van der Waals surface area contributed by atoms with E-state index in [1.165, 1.54) is 18.0 Å². The van der Waals surface area contributed by atoms with Crippen LogP contribution in [0, 0.1) is 0 Å². The lowest BCUT2D eigenvalue weighted by atomic mass is 10.4. The Kier molecular flexibility index (Phi) is 5.00. The molecular weight excluding hydrogens is 302 g/mol. The van der Waals surface area contributed by atoms with E-state index >= 15 is 0 Å². The van der Waals surface area contributed by atoms with Crippen molar-refractivity contribution in [3.63, 3.8) is 0 Å². The van der Waals surface area contributed by atoms with Crippen LogP contribution in [0.4, 0.5) is 11.9 Å². The van der Waals surface area contributed by atoms with Crippen LogP contribution in [0.2, 0.25) is 0 Å². The van der Waals surface area contributed by atoms with Gasteiger partial charge in [-0.25, -0.2) is 8.42 Å². The summed E-state index contributed by atoms with van der Waals surface area (Å²) in [5.74, 6) is 1.13. The highest BCUT2D eigenvalue weighted by molar-refractivity contribution is 8.00. The fourth-order valence-corrected chi connectivity index (χ4v) is 3.65. The van der Waals surface area contributed by atoms with Crippen molar-refractivity contribution in [2.45, 2.75) is 5.16 Å². The van der Waals surface area contributed by atoms with Crippen LogP contribution in [0.25, 0.3) is 0 Å². The zero-order chi connectivity index (χ0) is 14.6. The number of thioether (sulfide) groups is 1. The molecule has 20 heavy (non-hydrogen) atoms. The summed E-state index contributed by atoms with van der Waals surface area (Å²) >= 11 is 1.26. The van der Waals surface area contributed by atoms with Crippen LogP contribution >= 0.6 is 11.8 Å². The molecule has 0 spiro atoms. The smallest absolute Gasteiger partial charge is 0.231 e. The molecule has 0 aromatic carbocycles. The Morgan fingerprint density at radius 3 is 2.65 bits per heavy atom. The van der Waals surface area contributed by atoms with Gasteiger partial charge in [0.05, 0.1) is 19.0 Å². The molecule has 2 rings (SSSR count). The van der Waals surface area contributed by atoms with Crippen molar-refractivity contribution in [2.24, 2.45) is 0 Å². The normalized spacial score (nSPS) is 16.4. The van der Waals surface area contributed by atoms with E-state index in [2.05, 4.69) is 15.0 Å². The lowest BCUT2D eigenvalue weighted by Crippen LogP contribution is -2.37. The van der Waals surface area contributed by atoms with E-state index in [1.807, 2.05) is 4.90 Å². The summed E-state index contributed by atoms with van der Waals surface area (Å²) in [4.78, 5) is 14.4. The molecule has 2 N–H and O–H groups in total. The van der Waals surface area contributed by atoms with Crippen molar-refractivity contribution < 1.29 is 13.2 Å². The third-order valence-electron chi connectivity index (χ3n) is 2.60. The maximum absolute atomic E-state index is 11.1. The van der Waals surface area contributed by atoms with Crippen LogP contribution in [0.1, 0.15) is 0 Å². The van der Waals surface area contributed by atoms with Crippen LogP contribution in [-0.2, 0) is 14.6 Å². The van der Waals surface area contributed by atoms with E-state index in [1.54, 1.807) is 0 Å². The van der Waals surface area contributed by atoms with Crippen molar-refractivity contribution in [3.8, 4) is 0 Å². The number of hydrogen-bond donors (Lipinski definition) is 1. The monoisotopic (exact) mass is 319 g/mol. The number of sulfone groups is 1. The molecule has 0 amide bonds. The van der Waals surface area contributed by atoms with E-state index < -0.39 is 9.84 Å². The SMILES string of the molecule is CS(=O)(=O)CCSc1nc(N)nc(N2CCOCC2)n1. The topological polar surface area (TPSA) is 111 Å². The molecule has 1 aromatic rings. The zero-order valence-corrected chi connectivity index (χ0v) is 12.8. The van der Waals surface area contributed by atoms with Crippen LogP contribution in [0.15, 0.2) is 5.16 Å². The Morgan fingerprint density at radius 1 is 1.30 bits per heavy atom. The van der Waals surface area contributed by atoms with Crippen molar-refractivity contribution in [2.75, 3.05) is 54.7 Å². The number of nitrogen functional groups attached to an aromatic ring is 1. The molecule has 1 aliphatic rings.